The minimum atomic E-state index is -0.208. The molecule has 1 fully saturated rings. The Morgan fingerprint density at radius 1 is 1.17 bits per heavy atom. The number of piperazine rings is 1. The van der Waals surface area contributed by atoms with E-state index in [0.29, 0.717) is 5.36 Å². The largest absolute Gasteiger partial charge is 0.340 e. The second-order valence-corrected chi connectivity index (χ2v) is 5.47. The van der Waals surface area contributed by atoms with Crippen LogP contribution in [0.3, 0.4) is 0 Å². The lowest BCUT2D eigenvalue weighted by Gasteiger charge is -2.27. The van der Waals surface area contributed by atoms with Crippen molar-refractivity contribution in [3.63, 3.8) is 0 Å². The van der Waals surface area contributed by atoms with Crippen LogP contribution in [0.4, 0.5) is 17.5 Å². The zero-order valence-electron chi connectivity index (χ0n) is 12.5. The smallest absolute Gasteiger partial charge is 0.270 e. The fraction of sp³-hybridized carbons (Fsp3) is 0.250. The van der Waals surface area contributed by atoms with Crippen molar-refractivity contribution in [1.82, 2.24) is 15.3 Å². The molecule has 0 spiro atoms. The SMILES string of the molecule is O=C1C=c2cc(Nc3ccnc(N4CCNCC4)n3)ccc2=N1. The molecule has 0 saturated carbocycles. The molecule has 2 aliphatic rings. The van der Waals surface area contributed by atoms with Gasteiger partial charge in [-0.15, -0.1) is 0 Å². The van der Waals surface area contributed by atoms with Crippen LogP contribution in [-0.2, 0) is 4.79 Å². The highest BCUT2D eigenvalue weighted by atomic mass is 16.1. The number of carbonyl (C=O) groups excluding carboxylic acids is 1. The maximum Gasteiger partial charge on any atom is 0.270 e. The highest BCUT2D eigenvalue weighted by Gasteiger charge is 2.13. The second-order valence-electron chi connectivity index (χ2n) is 5.47. The van der Waals surface area contributed by atoms with E-state index in [1.807, 2.05) is 24.3 Å². The molecule has 7 nitrogen and oxygen atoms in total. The third-order valence-electron chi connectivity index (χ3n) is 3.85. The Hall–Kier alpha value is -2.80. The summed E-state index contributed by atoms with van der Waals surface area (Å²) in [6.45, 7) is 3.69. The molecule has 0 aliphatic carbocycles. The molecule has 1 aromatic carbocycles. The van der Waals surface area contributed by atoms with E-state index in [1.54, 1.807) is 6.20 Å². The van der Waals surface area contributed by atoms with Crippen molar-refractivity contribution in [1.29, 1.82) is 0 Å². The second kappa shape index (κ2) is 5.77. The summed E-state index contributed by atoms with van der Waals surface area (Å²) >= 11 is 0. The molecule has 0 radical (unpaired) electrons. The minimum Gasteiger partial charge on any atom is -0.340 e. The Morgan fingerprint density at radius 2 is 2.04 bits per heavy atom. The molecule has 2 aromatic rings. The fourth-order valence-electron chi connectivity index (χ4n) is 2.72. The molecule has 1 saturated heterocycles. The van der Waals surface area contributed by atoms with Crippen molar-refractivity contribution in [2.24, 2.45) is 4.99 Å². The van der Waals surface area contributed by atoms with E-state index >= 15 is 0 Å². The van der Waals surface area contributed by atoms with Gasteiger partial charge in [-0.2, -0.15) is 4.98 Å². The van der Waals surface area contributed by atoms with E-state index in [9.17, 15) is 4.79 Å². The van der Waals surface area contributed by atoms with Crippen LogP contribution in [-0.4, -0.2) is 42.1 Å². The average molecular weight is 308 g/mol. The standard InChI is InChI=1S/C16H16N6O/c23-15-10-11-9-12(1-2-13(11)20-15)19-14-3-4-18-16(21-14)22-7-5-17-6-8-22/h1-4,9-10,17H,5-8H2,(H,18,19,21). The number of nitrogens with one attached hydrogen (secondary N) is 2. The minimum absolute atomic E-state index is 0.208. The molecule has 0 unspecified atom stereocenters. The number of carbonyl (C=O) groups is 1. The van der Waals surface area contributed by atoms with E-state index in [2.05, 4.69) is 30.5 Å². The Morgan fingerprint density at radius 3 is 2.91 bits per heavy atom. The van der Waals surface area contributed by atoms with E-state index in [1.165, 1.54) is 6.08 Å². The monoisotopic (exact) mass is 308 g/mol. The first-order chi connectivity index (χ1) is 11.3. The third-order valence-corrected chi connectivity index (χ3v) is 3.85. The van der Waals surface area contributed by atoms with Gasteiger partial charge < -0.3 is 15.5 Å². The number of aromatic nitrogens is 2. The molecule has 3 heterocycles. The highest BCUT2D eigenvalue weighted by molar-refractivity contribution is 6.06. The number of amides is 1. The van der Waals surface area contributed by atoms with Crippen LogP contribution in [0, 0.1) is 0 Å². The normalized spacial score (nSPS) is 16.5. The third kappa shape index (κ3) is 2.91. The topological polar surface area (TPSA) is 82.5 Å². The Balaban J connectivity index is 1.58. The van der Waals surface area contributed by atoms with Gasteiger partial charge in [0.25, 0.3) is 5.91 Å². The van der Waals surface area contributed by atoms with Crippen LogP contribution in [0.15, 0.2) is 35.5 Å². The first-order valence-electron chi connectivity index (χ1n) is 7.58. The number of anilines is 3. The van der Waals surface area contributed by atoms with E-state index < -0.39 is 0 Å². The molecule has 4 rings (SSSR count). The number of benzene rings is 1. The van der Waals surface area contributed by atoms with E-state index in [4.69, 9.17) is 0 Å². The number of hydrogen-bond donors (Lipinski definition) is 2. The zero-order chi connectivity index (χ0) is 15.6. The van der Waals surface area contributed by atoms with Crippen molar-refractivity contribution in [2.75, 3.05) is 36.4 Å². The van der Waals surface area contributed by atoms with Gasteiger partial charge >= 0.3 is 0 Å². The summed E-state index contributed by atoms with van der Waals surface area (Å²) in [7, 11) is 0. The summed E-state index contributed by atoms with van der Waals surface area (Å²) in [6.07, 6.45) is 3.29. The predicted octanol–water partition coefficient (Wildman–Crippen LogP) is -0.430. The van der Waals surface area contributed by atoms with Gasteiger partial charge in [0, 0.05) is 49.4 Å². The molecule has 23 heavy (non-hydrogen) atoms. The molecule has 2 N–H and O–H groups in total. The van der Waals surface area contributed by atoms with Gasteiger partial charge in [-0.25, -0.2) is 9.98 Å². The number of nitrogens with zero attached hydrogens (tertiary/aromatic N) is 4. The van der Waals surface area contributed by atoms with Gasteiger partial charge in [0.1, 0.15) is 5.82 Å². The van der Waals surface area contributed by atoms with Crippen LogP contribution in [0.5, 0.6) is 0 Å². The summed E-state index contributed by atoms with van der Waals surface area (Å²) in [4.78, 5) is 26.3. The molecular weight excluding hydrogens is 292 g/mol. The fourth-order valence-corrected chi connectivity index (χ4v) is 2.72. The van der Waals surface area contributed by atoms with E-state index in [-0.39, 0.29) is 5.91 Å². The van der Waals surface area contributed by atoms with Gasteiger partial charge in [-0.05, 0) is 24.3 Å². The molecule has 7 heteroatoms. The quantitative estimate of drug-likeness (QED) is 0.801. The Bertz CT molecular complexity index is 872. The van der Waals surface area contributed by atoms with Crippen LogP contribution in [0.1, 0.15) is 0 Å². The highest BCUT2D eigenvalue weighted by Crippen LogP contribution is 2.15. The molecular formula is C16H16N6O. The molecule has 0 bridgehead atoms. The van der Waals surface area contributed by atoms with Crippen LogP contribution in [0.2, 0.25) is 0 Å². The Labute approximate surface area is 132 Å². The van der Waals surface area contributed by atoms with Gasteiger partial charge in [-0.3, -0.25) is 4.79 Å². The molecule has 1 amide bonds. The zero-order valence-corrected chi connectivity index (χ0v) is 12.5. The van der Waals surface area contributed by atoms with Crippen molar-refractivity contribution >= 4 is 29.4 Å². The van der Waals surface area contributed by atoms with Crippen molar-refractivity contribution < 1.29 is 4.79 Å². The van der Waals surface area contributed by atoms with Crippen molar-refractivity contribution in [2.45, 2.75) is 0 Å². The molecule has 1 aromatic heterocycles. The summed E-state index contributed by atoms with van der Waals surface area (Å²) < 4.78 is 0. The van der Waals surface area contributed by atoms with E-state index in [0.717, 1.165) is 48.9 Å². The lowest BCUT2D eigenvalue weighted by Crippen LogP contribution is -2.44. The number of rotatable bonds is 3. The first kappa shape index (κ1) is 13.8. The average Bonchev–Trinajstić information content (AvgIpc) is 2.95. The van der Waals surface area contributed by atoms with Crippen molar-refractivity contribution in [3.05, 3.63) is 41.0 Å². The molecule has 2 aliphatic heterocycles. The van der Waals surface area contributed by atoms with Crippen LogP contribution >= 0.6 is 0 Å². The lowest BCUT2D eigenvalue weighted by atomic mass is 10.2. The maximum absolute atomic E-state index is 11.3. The van der Waals surface area contributed by atoms with Crippen molar-refractivity contribution in [3.8, 4) is 0 Å². The summed E-state index contributed by atoms with van der Waals surface area (Å²) in [5.74, 6) is 1.25. The molecule has 116 valence electrons. The summed E-state index contributed by atoms with van der Waals surface area (Å²) in [5, 5.41) is 8.12. The number of fused-ring (bicyclic) bond motifs is 1. The van der Waals surface area contributed by atoms with Gasteiger partial charge in [0.2, 0.25) is 5.95 Å². The maximum atomic E-state index is 11.3. The molecule has 0 atom stereocenters. The first-order valence-corrected chi connectivity index (χ1v) is 7.58. The Kier molecular flexibility index (Phi) is 3.47. The van der Waals surface area contributed by atoms with Gasteiger partial charge in [0.05, 0.1) is 5.36 Å². The van der Waals surface area contributed by atoms with Gasteiger partial charge in [0.15, 0.2) is 0 Å². The summed E-state index contributed by atoms with van der Waals surface area (Å²) in [5.41, 5.74) is 0.870. The number of hydrogen-bond acceptors (Lipinski definition) is 6. The van der Waals surface area contributed by atoms with Gasteiger partial charge in [-0.1, -0.05) is 0 Å². The summed E-state index contributed by atoms with van der Waals surface area (Å²) in [6, 6.07) is 7.45. The predicted molar refractivity (Wildman–Crippen MR) is 87.1 cm³/mol. The lowest BCUT2D eigenvalue weighted by molar-refractivity contribution is -0.112. The van der Waals surface area contributed by atoms with Crippen LogP contribution < -0.4 is 26.1 Å². The van der Waals surface area contributed by atoms with Crippen LogP contribution in [0.25, 0.3) is 6.08 Å².